The molecule has 30 heavy (non-hydrogen) atoms. The fourth-order valence-corrected chi connectivity index (χ4v) is 3.67. The normalized spacial score (nSPS) is 11.3. The molecule has 0 heterocycles. The Hall–Kier alpha value is -2.86. The number of rotatable bonds is 10. The second-order valence-electron chi connectivity index (χ2n) is 8.09. The van der Waals surface area contributed by atoms with Crippen LogP contribution in [-0.4, -0.2) is 41.9 Å². The van der Waals surface area contributed by atoms with Crippen LogP contribution >= 0.6 is 0 Å². The zero-order chi connectivity index (χ0) is 22.3. The number of nitrogen functional groups attached to an aromatic ring is 1. The van der Waals surface area contributed by atoms with Gasteiger partial charge in [-0.2, -0.15) is 0 Å². The van der Waals surface area contributed by atoms with E-state index in [4.69, 9.17) is 11.5 Å². The average molecular weight is 411 g/mol. The Morgan fingerprint density at radius 1 is 0.833 bits per heavy atom. The molecule has 0 aromatic heterocycles. The zero-order valence-corrected chi connectivity index (χ0v) is 18.5. The zero-order valence-electron chi connectivity index (χ0n) is 18.5. The number of anilines is 2. The van der Waals surface area contributed by atoms with E-state index >= 15 is 0 Å². The minimum atomic E-state index is -0.516. The van der Waals surface area contributed by atoms with Crippen LogP contribution in [-0.2, 0) is 0 Å². The lowest BCUT2D eigenvalue weighted by Crippen LogP contribution is -2.38. The predicted molar refractivity (Wildman–Crippen MR) is 124 cm³/mol. The summed E-state index contributed by atoms with van der Waals surface area (Å²) in [6.45, 7) is 10.4. The van der Waals surface area contributed by atoms with Crippen molar-refractivity contribution in [2.45, 2.75) is 52.6 Å². The van der Waals surface area contributed by atoms with Crippen LogP contribution in [0.2, 0.25) is 0 Å². The molecule has 0 radical (unpaired) electrons. The SMILES string of the molecule is CC(C)N(CCCCN(C(=O)c1ccc(C(N)=O)cc1)c1ccccc1N)C(C)C. The third kappa shape index (κ3) is 6.07. The summed E-state index contributed by atoms with van der Waals surface area (Å²) in [5, 5.41) is 0. The van der Waals surface area contributed by atoms with Gasteiger partial charge in [-0.05, 0) is 83.5 Å². The number of nitrogens with two attached hydrogens (primary N) is 2. The Labute approximate surface area is 179 Å². The highest BCUT2D eigenvalue weighted by Crippen LogP contribution is 2.25. The molecule has 0 aliphatic heterocycles. The molecular weight excluding hydrogens is 376 g/mol. The molecule has 0 fully saturated rings. The summed E-state index contributed by atoms with van der Waals surface area (Å²) >= 11 is 0. The van der Waals surface area contributed by atoms with E-state index in [1.54, 1.807) is 35.2 Å². The van der Waals surface area contributed by atoms with Crippen molar-refractivity contribution < 1.29 is 9.59 Å². The lowest BCUT2D eigenvalue weighted by molar-refractivity contribution is 0.0979. The van der Waals surface area contributed by atoms with E-state index in [1.165, 1.54) is 0 Å². The molecule has 162 valence electrons. The van der Waals surface area contributed by atoms with E-state index in [0.29, 0.717) is 41.1 Å². The Bertz CT molecular complexity index is 839. The van der Waals surface area contributed by atoms with Crippen molar-refractivity contribution in [1.29, 1.82) is 0 Å². The lowest BCUT2D eigenvalue weighted by atomic mass is 10.1. The average Bonchev–Trinajstić information content (AvgIpc) is 2.70. The molecule has 0 aliphatic carbocycles. The van der Waals surface area contributed by atoms with E-state index in [-0.39, 0.29) is 5.91 Å². The number of unbranched alkanes of at least 4 members (excludes halogenated alkanes) is 1. The Balaban J connectivity index is 2.16. The van der Waals surface area contributed by atoms with Crippen molar-refractivity contribution in [3.05, 3.63) is 59.7 Å². The van der Waals surface area contributed by atoms with Crippen LogP contribution in [0.3, 0.4) is 0 Å². The van der Waals surface area contributed by atoms with Crippen molar-refractivity contribution in [2.75, 3.05) is 23.7 Å². The van der Waals surface area contributed by atoms with Crippen molar-refractivity contribution in [1.82, 2.24) is 4.90 Å². The van der Waals surface area contributed by atoms with Crippen LogP contribution in [0.1, 0.15) is 61.3 Å². The standard InChI is InChI=1S/C24H34N4O2/c1-17(2)27(18(3)4)15-7-8-16-28(22-10-6-5-9-21(22)25)24(30)20-13-11-19(12-14-20)23(26)29/h5-6,9-14,17-18H,7-8,15-16,25H2,1-4H3,(H2,26,29). The quantitative estimate of drug-likeness (QED) is 0.459. The summed E-state index contributed by atoms with van der Waals surface area (Å²) in [5.74, 6) is -0.661. The molecule has 0 atom stereocenters. The Morgan fingerprint density at radius 2 is 1.37 bits per heavy atom. The van der Waals surface area contributed by atoms with Gasteiger partial charge in [0.1, 0.15) is 0 Å². The number of para-hydroxylation sites is 2. The largest absolute Gasteiger partial charge is 0.397 e. The van der Waals surface area contributed by atoms with Crippen LogP contribution in [0, 0.1) is 0 Å². The topological polar surface area (TPSA) is 92.7 Å². The minimum absolute atomic E-state index is 0.145. The highest BCUT2D eigenvalue weighted by molar-refractivity contribution is 6.08. The molecule has 0 aliphatic rings. The number of hydrogen-bond acceptors (Lipinski definition) is 4. The highest BCUT2D eigenvalue weighted by atomic mass is 16.2. The molecule has 4 N–H and O–H groups in total. The third-order valence-corrected chi connectivity index (χ3v) is 5.26. The number of carbonyl (C=O) groups excluding carboxylic acids is 2. The summed E-state index contributed by atoms with van der Waals surface area (Å²) in [4.78, 5) is 28.8. The van der Waals surface area contributed by atoms with Gasteiger partial charge in [0.2, 0.25) is 5.91 Å². The molecule has 0 spiro atoms. The highest BCUT2D eigenvalue weighted by Gasteiger charge is 2.20. The summed E-state index contributed by atoms with van der Waals surface area (Å²) in [6.07, 6.45) is 1.84. The first-order valence-electron chi connectivity index (χ1n) is 10.5. The van der Waals surface area contributed by atoms with Gasteiger partial charge in [-0.3, -0.25) is 14.5 Å². The van der Waals surface area contributed by atoms with Gasteiger partial charge in [0, 0.05) is 29.8 Å². The monoisotopic (exact) mass is 410 g/mol. The van der Waals surface area contributed by atoms with Gasteiger partial charge in [0.05, 0.1) is 11.4 Å². The molecular formula is C24H34N4O2. The Kier molecular flexibility index (Phi) is 8.42. The van der Waals surface area contributed by atoms with E-state index in [1.807, 2.05) is 18.2 Å². The van der Waals surface area contributed by atoms with E-state index in [0.717, 1.165) is 19.4 Å². The molecule has 2 rings (SSSR count). The van der Waals surface area contributed by atoms with Crippen LogP contribution in [0.15, 0.2) is 48.5 Å². The first kappa shape index (κ1) is 23.4. The maximum absolute atomic E-state index is 13.3. The van der Waals surface area contributed by atoms with E-state index in [9.17, 15) is 9.59 Å². The number of nitrogens with zero attached hydrogens (tertiary/aromatic N) is 2. The number of benzene rings is 2. The first-order chi connectivity index (χ1) is 14.2. The van der Waals surface area contributed by atoms with Crippen LogP contribution in [0.25, 0.3) is 0 Å². The molecule has 0 saturated heterocycles. The van der Waals surface area contributed by atoms with Crippen LogP contribution in [0.4, 0.5) is 11.4 Å². The van der Waals surface area contributed by atoms with Gasteiger partial charge in [-0.15, -0.1) is 0 Å². The van der Waals surface area contributed by atoms with Gasteiger partial charge >= 0.3 is 0 Å². The minimum Gasteiger partial charge on any atom is -0.397 e. The second-order valence-corrected chi connectivity index (χ2v) is 8.09. The number of amides is 2. The maximum atomic E-state index is 13.3. The first-order valence-corrected chi connectivity index (χ1v) is 10.5. The molecule has 0 unspecified atom stereocenters. The van der Waals surface area contributed by atoms with E-state index in [2.05, 4.69) is 32.6 Å². The van der Waals surface area contributed by atoms with Crippen LogP contribution in [0.5, 0.6) is 0 Å². The molecule has 2 amide bonds. The number of carbonyl (C=O) groups is 2. The summed E-state index contributed by atoms with van der Waals surface area (Å²) < 4.78 is 0. The smallest absolute Gasteiger partial charge is 0.258 e. The van der Waals surface area contributed by atoms with E-state index < -0.39 is 5.91 Å². The molecule has 6 heteroatoms. The van der Waals surface area contributed by atoms with Gasteiger partial charge in [-0.25, -0.2) is 0 Å². The van der Waals surface area contributed by atoms with Crippen molar-refractivity contribution >= 4 is 23.2 Å². The molecule has 2 aromatic carbocycles. The number of hydrogen-bond donors (Lipinski definition) is 2. The molecule has 0 bridgehead atoms. The third-order valence-electron chi connectivity index (χ3n) is 5.26. The van der Waals surface area contributed by atoms with Gasteiger partial charge in [-0.1, -0.05) is 12.1 Å². The summed E-state index contributed by atoms with van der Waals surface area (Å²) in [6, 6.07) is 14.8. The summed E-state index contributed by atoms with van der Waals surface area (Å²) in [7, 11) is 0. The predicted octanol–water partition coefficient (Wildman–Crippen LogP) is 3.91. The lowest BCUT2D eigenvalue weighted by Gasteiger charge is -2.31. The van der Waals surface area contributed by atoms with Gasteiger partial charge in [0.15, 0.2) is 0 Å². The fraction of sp³-hybridized carbons (Fsp3) is 0.417. The molecule has 2 aromatic rings. The van der Waals surface area contributed by atoms with Gasteiger partial charge in [0.25, 0.3) is 5.91 Å². The second kappa shape index (κ2) is 10.8. The van der Waals surface area contributed by atoms with Crippen molar-refractivity contribution in [3.63, 3.8) is 0 Å². The van der Waals surface area contributed by atoms with Crippen LogP contribution < -0.4 is 16.4 Å². The Morgan fingerprint density at radius 3 is 1.90 bits per heavy atom. The number of primary amides is 1. The molecule has 6 nitrogen and oxygen atoms in total. The fourth-order valence-electron chi connectivity index (χ4n) is 3.67. The summed E-state index contributed by atoms with van der Waals surface area (Å²) in [5.41, 5.74) is 13.6. The van der Waals surface area contributed by atoms with Crippen molar-refractivity contribution in [2.24, 2.45) is 5.73 Å². The van der Waals surface area contributed by atoms with Crippen molar-refractivity contribution in [3.8, 4) is 0 Å². The molecule has 0 saturated carbocycles. The van der Waals surface area contributed by atoms with Gasteiger partial charge < -0.3 is 16.4 Å². The maximum Gasteiger partial charge on any atom is 0.258 e.